The number of rotatable bonds is 6. The summed E-state index contributed by atoms with van der Waals surface area (Å²) in [6.07, 6.45) is 1.96. The molecule has 15 heavy (non-hydrogen) atoms. The van der Waals surface area contributed by atoms with Gasteiger partial charge in [-0.3, -0.25) is 9.63 Å². The van der Waals surface area contributed by atoms with E-state index >= 15 is 0 Å². The number of carbonyl (C=O) groups excluding carboxylic acids is 2. The molecule has 86 valence electrons. The van der Waals surface area contributed by atoms with Gasteiger partial charge < -0.3 is 5.32 Å². The van der Waals surface area contributed by atoms with E-state index in [4.69, 9.17) is 4.84 Å². The summed E-state index contributed by atoms with van der Waals surface area (Å²) in [5, 5.41) is 2.65. The molecule has 0 heterocycles. The molecule has 0 aromatic rings. The Balaban J connectivity index is 3.70. The zero-order valence-electron chi connectivity index (χ0n) is 9.58. The van der Waals surface area contributed by atoms with Crippen molar-refractivity contribution in [3.8, 4) is 0 Å². The number of nitrogens with zero attached hydrogens (tertiary/aromatic N) is 1. The SMILES string of the molecule is C=CC(=O)NCCC[N+](C)(C)OC(C)=O. The van der Waals surface area contributed by atoms with Gasteiger partial charge in [-0.05, 0) is 6.08 Å². The van der Waals surface area contributed by atoms with Crippen molar-refractivity contribution < 1.29 is 19.1 Å². The Morgan fingerprint density at radius 1 is 1.47 bits per heavy atom. The molecule has 0 aromatic heterocycles. The molecule has 0 spiro atoms. The molecular weight excluding hydrogens is 196 g/mol. The average molecular weight is 215 g/mol. The predicted molar refractivity (Wildman–Crippen MR) is 56.6 cm³/mol. The van der Waals surface area contributed by atoms with Crippen LogP contribution in [0.4, 0.5) is 0 Å². The maximum atomic E-state index is 10.8. The first kappa shape index (κ1) is 13.6. The van der Waals surface area contributed by atoms with Crippen LogP contribution in [0, 0.1) is 0 Å². The third kappa shape index (κ3) is 7.69. The van der Waals surface area contributed by atoms with E-state index in [0.29, 0.717) is 13.1 Å². The van der Waals surface area contributed by atoms with Crippen molar-refractivity contribution in [1.29, 1.82) is 0 Å². The maximum absolute atomic E-state index is 10.8. The van der Waals surface area contributed by atoms with Crippen LogP contribution in [-0.2, 0) is 14.4 Å². The topological polar surface area (TPSA) is 55.4 Å². The van der Waals surface area contributed by atoms with Gasteiger partial charge in [-0.1, -0.05) is 6.58 Å². The van der Waals surface area contributed by atoms with Gasteiger partial charge in [-0.2, -0.15) is 0 Å². The van der Waals surface area contributed by atoms with Gasteiger partial charge >= 0.3 is 5.97 Å². The summed E-state index contributed by atoms with van der Waals surface area (Å²) < 4.78 is 0.166. The summed E-state index contributed by atoms with van der Waals surface area (Å²) in [4.78, 5) is 26.6. The number of nitrogens with one attached hydrogen (secondary N) is 1. The van der Waals surface area contributed by atoms with E-state index in [1.807, 2.05) is 0 Å². The highest BCUT2D eigenvalue weighted by atomic mass is 16.7. The normalized spacial score (nSPS) is 10.6. The largest absolute Gasteiger partial charge is 0.363 e. The lowest BCUT2D eigenvalue weighted by Crippen LogP contribution is -2.42. The molecule has 0 fully saturated rings. The minimum Gasteiger partial charge on any atom is -0.352 e. The minimum atomic E-state index is -0.310. The monoisotopic (exact) mass is 215 g/mol. The number of quaternary nitrogens is 1. The van der Waals surface area contributed by atoms with E-state index in [2.05, 4.69) is 11.9 Å². The molecule has 0 bridgehead atoms. The van der Waals surface area contributed by atoms with Crippen molar-refractivity contribution in [3.05, 3.63) is 12.7 Å². The van der Waals surface area contributed by atoms with Gasteiger partial charge in [-0.25, -0.2) is 4.79 Å². The fourth-order valence-corrected chi connectivity index (χ4v) is 1.14. The summed E-state index contributed by atoms with van der Waals surface area (Å²) >= 11 is 0. The number of hydrogen-bond donors (Lipinski definition) is 1. The Morgan fingerprint density at radius 2 is 2.07 bits per heavy atom. The van der Waals surface area contributed by atoms with Gasteiger partial charge in [0.05, 0.1) is 0 Å². The van der Waals surface area contributed by atoms with Gasteiger partial charge in [-0.15, -0.1) is 4.65 Å². The highest BCUT2D eigenvalue weighted by Gasteiger charge is 2.18. The summed E-state index contributed by atoms with van der Waals surface area (Å²) in [5.41, 5.74) is 0. The van der Waals surface area contributed by atoms with Crippen molar-refractivity contribution in [2.45, 2.75) is 13.3 Å². The molecule has 0 aliphatic heterocycles. The van der Waals surface area contributed by atoms with Crippen LogP contribution in [0.5, 0.6) is 0 Å². The average Bonchev–Trinajstić information content (AvgIpc) is 2.10. The minimum absolute atomic E-state index is 0.166. The second kappa shape index (κ2) is 6.19. The highest BCUT2D eigenvalue weighted by molar-refractivity contribution is 5.86. The lowest BCUT2D eigenvalue weighted by atomic mass is 10.4. The summed E-state index contributed by atoms with van der Waals surface area (Å²) in [6, 6.07) is 0. The van der Waals surface area contributed by atoms with E-state index in [1.165, 1.54) is 13.0 Å². The van der Waals surface area contributed by atoms with Crippen LogP contribution in [0.2, 0.25) is 0 Å². The fraction of sp³-hybridized carbons (Fsp3) is 0.600. The highest BCUT2D eigenvalue weighted by Crippen LogP contribution is 2.00. The van der Waals surface area contributed by atoms with Gasteiger partial charge in [0.1, 0.15) is 20.6 Å². The Kier molecular flexibility index (Phi) is 5.62. The van der Waals surface area contributed by atoms with Gasteiger partial charge in [0.25, 0.3) is 0 Å². The lowest BCUT2D eigenvalue weighted by molar-refractivity contribution is -1.06. The van der Waals surface area contributed by atoms with Crippen molar-refractivity contribution in [2.75, 3.05) is 27.2 Å². The van der Waals surface area contributed by atoms with Crippen molar-refractivity contribution in [2.24, 2.45) is 0 Å². The predicted octanol–water partition coefficient (Wildman–Crippen LogP) is 0.233. The van der Waals surface area contributed by atoms with Crippen LogP contribution >= 0.6 is 0 Å². The lowest BCUT2D eigenvalue weighted by Gasteiger charge is -2.25. The van der Waals surface area contributed by atoms with Crippen LogP contribution in [0.15, 0.2) is 12.7 Å². The summed E-state index contributed by atoms with van der Waals surface area (Å²) in [7, 11) is 3.58. The molecule has 5 heteroatoms. The van der Waals surface area contributed by atoms with Crippen LogP contribution < -0.4 is 5.32 Å². The zero-order valence-corrected chi connectivity index (χ0v) is 9.58. The number of carbonyl (C=O) groups is 2. The second-order valence-corrected chi connectivity index (χ2v) is 3.73. The molecule has 0 aromatic carbocycles. The molecule has 5 nitrogen and oxygen atoms in total. The molecule has 0 saturated heterocycles. The summed E-state index contributed by atoms with van der Waals surface area (Å²) in [5.74, 6) is -0.497. The van der Waals surface area contributed by atoms with Gasteiger partial charge in [0.2, 0.25) is 5.91 Å². The number of hydroxylamine groups is 3. The van der Waals surface area contributed by atoms with Crippen LogP contribution in [0.3, 0.4) is 0 Å². The Morgan fingerprint density at radius 3 is 2.53 bits per heavy atom. The fourth-order valence-electron chi connectivity index (χ4n) is 1.14. The molecule has 0 unspecified atom stereocenters. The second-order valence-electron chi connectivity index (χ2n) is 3.73. The van der Waals surface area contributed by atoms with E-state index in [0.717, 1.165) is 6.42 Å². The Hall–Kier alpha value is -1.36. The van der Waals surface area contributed by atoms with Crippen LogP contribution in [0.25, 0.3) is 0 Å². The zero-order chi connectivity index (χ0) is 11.9. The third-order valence-electron chi connectivity index (χ3n) is 1.73. The van der Waals surface area contributed by atoms with E-state index in [-0.39, 0.29) is 16.5 Å². The van der Waals surface area contributed by atoms with Crippen molar-refractivity contribution >= 4 is 11.9 Å². The molecule has 1 amide bonds. The van der Waals surface area contributed by atoms with Crippen LogP contribution in [-0.4, -0.2) is 43.7 Å². The standard InChI is InChI=1S/C10H18N2O3/c1-5-10(14)11-7-6-8-12(3,4)15-9(2)13/h5H,1,6-8H2,2-4H3/p+1. The van der Waals surface area contributed by atoms with Crippen molar-refractivity contribution in [1.82, 2.24) is 5.32 Å². The van der Waals surface area contributed by atoms with E-state index in [1.54, 1.807) is 14.1 Å². The van der Waals surface area contributed by atoms with E-state index < -0.39 is 0 Å². The molecule has 0 radical (unpaired) electrons. The Labute approximate surface area is 90.2 Å². The molecule has 0 atom stereocenters. The first-order chi connectivity index (χ1) is 6.87. The summed E-state index contributed by atoms with van der Waals surface area (Å²) in [6.45, 7) is 5.92. The first-order valence-corrected chi connectivity index (χ1v) is 4.81. The quantitative estimate of drug-likeness (QED) is 0.299. The molecule has 0 saturated carbocycles. The van der Waals surface area contributed by atoms with Crippen molar-refractivity contribution in [3.63, 3.8) is 0 Å². The van der Waals surface area contributed by atoms with E-state index in [9.17, 15) is 9.59 Å². The molecule has 0 rings (SSSR count). The van der Waals surface area contributed by atoms with Crippen LogP contribution in [0.1, 0.15) is 13.3 Å². The first-order valence-electron chi connectivity index (χ1n) is 4.81. The molecular formula is C10H19N2O3+. The number of amides is 1. The molecule has 0 aliphatic rings. The van der Waals surface area contributed by atoms with Gasteiger partial charge in [0.15, 0.2) is 0 Å². The van der Waals surface area contributed by atoms with Gasteiger partial charge in [0, 0.05) is 19.9 Å². The molecule has 1 N–H and O–H groups in total. The molecule has 0 aliphatic carbocycles. The smallest absolute Gasteiger partial charge is 0.352 e. The number of hydrogen-bond acceptors (Lipinski definition) is 3. The third-order valence-corrected chi connectivity index (χ3v) is 1.73. The Bertz CT molecular complexity index is 249. The maximum Gasteiger partial charge on any atom is 0.363 e.